The Morgan fingerprint density at radius 3 is 2.52 bits per heavy atom. The van der Waals surface area contributed by atoms with Gasteiger partial charge in [-0.1, -0.05) is 0 Å². The van der Waals surface area contributed by atoms with Gasteiger partial charge in [0.25, 0.3) is 0 Å². The van der Waals surface area contributed by atoms with Crippen molar-refractivity contribution in [1.29, 1.82) is 0 Å². The number of rotatable bonds is 0. The Labute approximate surface area is 169 Å². The molecule has 106 valence electrons. The van der Waals surface area contributed by atoms with Crippen LogP contribution >= 0.6 is 27.3 Å². The fraction of sp³-hybridized carbons (Fsp3) is 0.0667. The van der Waals surface area contributed by atoms with Crippen LogP contribution < -0.4 is 40.5 Å². The van der Waals surface area contributed by atoms with Gasteiger partial charge in [0.05, 0.1) is 0 Å². The first-order valence-corrected chi connectivity index (χ1v) is 8.62. The van der Waals surface area contributed by atoms with Gasteiger partial charge in [-0.15, -0.1) is 0 Å². The summed E-state index contributed by atoms with van der Waals surface area (Å²) in [5.41, 5.74) is 4.44. The first-order chi connectivity index (χ1) is 8.74. The molecule has 1 aliphatic rings. The Morgan fingerprint density at radius 1 is 1.05 bits per heavy atom. The third kappa shape index (κ3) is 3.16. The molecule has 3 aromatic rings. The predicted octanol–water partition coefficient (Wildman–Crippen LogP) is -4.58. The van der Waals surface area contributed by atoms with Gasteiger partial charge in [0.15, 0.2) is 0 Å². The molecule has 1 heterocycles. The van der Waals surface area contributed by atoms with Crippen molar-refractivity contribution in [3.05, 3.63) is 51.3 Å². The summed E-state index contributed by atoms with van der Waals surface area (Å²) in [4.78, 5) is 1.54. The zero-order valence-corrected chi connectivity index (χ0v) is 17.7. The van der Waals surface area contributed by atoms with Gasteiger partial charge in [-0.05, 0) is 0 Å². The summed E-state index contributed by atoms with van der Waals surface area (Å²) in [6, 6.07) is 13.3. The molecule has 0 saturated heterocycles. The van der Waals surface area contributed by atoms with Crippen molar-refractivity contribution in [2.45, 2.75) is 6.42 Å². The molecule has 4 rings (SSSR count). The van der Waals surface area contributed by atoms with E-state index in [0.717, 1.165) is 6.42 Å². The number of halogens is 4. The van der Waals surface area contributed by atoms with Crippen LogP contribution in [0.5, 0.6) is 0 Å². The van der Waals surface area contributed by atoms with Gasteiger partial charge in [-0.2, -0.15) is 0 Å². The third-order valence-corrected chi connectivity index (χ3v) is 6.03. The molecule has 0 bridgehead atoms. The van der Waals surface area contributed by atoms with Gasteiger partial charge in [0, 0.05) is 0 Å². The average Bonchev–Trinajstić information content (AvgIpc) is 2.83. The maximum absolute atomic E-state index is 3.61. The van der Waals surface area contributed by atoms with Crippen molar-refractivity contribution in [2.24, 2.45) is 0 Å². The summed E-state index contributed by atoms with van der Waals surface area (Å²) in [5, 5.41) is 1.49. The Morgan fingerprint density at radius 2 is 1.76 bits per heavy atom. The topological polar surface area (TPSA) is 0 Å². The van der Waals surface area contributed by atoms with Crippen molar-refractivity contribution in [3.8, 4) is 11.1 Å². The van der Waals surface area contributed by atoms with Gasteiger partial charge in [-0.25, -0.2) is 0 Å². The molecule has 1 aromatic heterocycles. The Kier molecular flexibility index (Phi) is 7.00. The fourth-order valence-corrected chi connectivity index (χ4v) is 6.42. The summed E-state index contributed by atoms with van der Waals surface area (Å²) in [6.45, 7) is 0. The molecular formula is C15H8BrCl3SZr. The first-order valence-electron chi connectivity index (χ1n) is 5.79. The summed E-state index contributed by atoms with van der Waals surface area (Å²) in [5.74, 6) is 0. The van der Waals surface area contributed by atoms with E-state index in [9.17, 15) is 0 Å². The minimum Gasteiger partial charge on any atom is -1.00 e. The molecular weight excluding hydrogens is 490 g/mol. The average molecular weight is 498 g/mol. The van der Waals surface area contributed by atoms with E-state index in [-0.39, 0.29) is 37.2 Å². The second-order valence-corrected chi connectivity index (χ2v) is 7.94. The number of benzene rings is 2. The van der Waals surface area contributed by atoms with E-state index in [2.05, 4.69) is 52.3 Å². The second kappa shape index (κ2) is 7.47. The van der Waals surface area contributed by atoms with Crippen molar-refractivity contribution >= 4 is 40.6 Å². The van der Waals surface area contributed by atoms with Crippen LogP contribution in [0.4, 0.5) is 0 Å². The predicted molar refractivity (Wildman–Crippen MR) is 77.4 cm³/mol. The number of fused-ring (bicyclic) bond motifs is 5. The maximum Gasteiger partial charge on any atom is -1.00 e. The molecule has 0 nitrogen and oxygen atoms in total. The Hall–Kier alpha value is 0.633. The van der Waals surface area contributed by atoms with Crippen LogP contribution in [0.25, 0.3) is 21.2 Å². The van der Waals surface area contributed by atoms with Gasteiger partial charge in [-0.3, -0.25) is 0 Å². The molecule has 0 saturated carbocycles. The molecule has 6 heteroatoms. The van der Waals surface area contributed by atoms with E-state index in [1.807, 2.05) is 11.3 Å². The van der Waals surface area contributed by atoms with Crippen LogP contribution in [0.1, 0.15) is 10.4 Å². The van der Waals surface area contributed by atoms with Crippen LogP contribution in [0.2, 0.25) is 0 Å². The molecule has 0 unspecified atom stereocenters. The molecule has 0 fully saturated rings. The van der Waals surface area contributed by atoms with Crippen LogP contribution in [0.3, 0.4) is 0 Å². The second-order valence-electron chi connectivity index (χ2n) is 4.56. The third-order valence-electron chi connectivity index (χ3n) is 3.47. The normalized spacial score (nSPS) is 11.0. The minimum absolute atomic E-state index is 0. The van der Waals surface area contributed by atoms with E-state index in [1.54, 1.807) is 0 Å². The van der Waals surface area contributed by atoms with Gasteiger partial charge in [0.2, 0.25) is 0 Å². The van der Waals surface area contributed by atoms with E-state index >= 15 is 0 Å². The van der Waals surface area contributed by atoms with Gasteiger partial charge < -0.3 is 37.2 Å². The smallest absolute Gasteiger partial charge is 1.00 e. The van der Waals surface area contributed by atoms with Crippen molar-refractivity contribution in [3.63, 3.8) is 0 Å². The largest absolute Gasteiger partial charge is 1.00 e. The van der Waals surface area contributed by atoms with E-state index < -0.39 is 0 Å². The van der Waals surface area contributed by atoms with E-state index in [0.29, 0.717) is 0 Å². The summed E-state index contributed by atoms with van der Waals surface area (Å²) < 4.78 is 4.09. The number of thiophene rings is 1. The van der Waals surface area contributed by atoms with Crippen LogP contribution in [0, 0.1) is 0 Å². The van der Waals surface area contributed by atoms with Crippen molar-refractivity contribution < 1.29 is 61.9 Å². The molecule has 0 radical (unpaired) electrons. The Bertz CT molecular complexity index is 801. The van der Waals surface area contributed by atoms with Crippen LogP contribution in [-0.4, -0.2) is 0 Å². The van der Waals surface area contributed by atoms with Gasteiger partial charge in [0.1, 0.15) is 0 Å². The van der Waals surface area contributed by atoms with Crippen molar-refractivity contribution in [2.75, 3.05) is 0 Å². The SMILES string of the molecule is Brc1c[c]([Zr+3])c2c3c(sc2c1)Cc1ccccc1-3.[Cl-].[Cl-].[Cl-]. The molecule has 0 atom stereocenters. The molecule has 0 N–H and O–H groups in total. The molecule has 2 aromatic carbocycles. The molecule has 0 spiro atoms. The molecule has 0 aliphatic heterocycles. The van der Waals surface area contributed by atoms with Gasteiger partial charge >= 0.3 is 134 Å². The Balaban J connectivity index is 0.000000735. The zero-order chi connectivity index (χ0) is 12.3. The monoisotopic (exact) mass is 494 g/mol. The molecule has 21 heavy (non-hydrogen) atoms. The number of hydrogen-bond acceptors (Lipinski definition) is 1. The summed E-state index contributed by atoms with van der Waals surface area (Å²) in [6.07, 6.45) is 1.11. The van der Waals surface area contributed by atoms with Crippen molar-refractivity contribution in [1.82, 2.24) is 0 Å². The summed E-state index contributed by atoms with van der Waals surface area (Å²) >= 11 is 7.06. The van der Waals surface area contributed by atoms with Crippen LogP contribution in [-0.2, 0) is 31.1 Å². The van der Waals surface area contributed by atoms with E-state index in [1.165, 1.54) is 64.1 Å². The fourth-order valence-electron chi connectivity index (χ4n) is 2.74. The first kappa shape index (κ1) is 19.7. The summed E-state index contributed by atoms with van der Waals surface area (Å²) in [7, 11) is 0. The number of hydrogen-bond donors (Lipinski definition) is 0. The van der Waals surface area contributed by atoms with Crippen LogP contribution in [0.15, 0.2) is 40.9 Å². The molecule has 0 amide bonds. The zero-order valence-electron chi connectivity index (χ0n) is 10.6. The minimum atomic E-state index is 0. The van der Waals surface area contributed by atoms with E-state index in [4.69, 9.17) is 0 Å². The molecule has 1 aliphatic carbocycles. The quantitative estimate of drug-likeness (QED) is 0.230. The standard InChI is InChI=1S/C15H8BrS.3ClH.Zr/c16-10-5-6-12-13(8-10)17-14-7-9-3-1-2-4-11(9)15(12)14;;;;/h1-5,8H,7H2;3*1H;/q;;;;+3/p-3. The maximum atomic E-state index is 3.61.